The molecule has 1 rings (SSSR count). The van der Waals surface area contributed by atoms with E-state index in [2.05, 4.69) is 4.72 Å². The molecule has 0 amide bonds. The molecule has 84 valence electrons. The molecule has 0 aliphatic rings. The average molecular weight is 248 g/mol. The summed E-state index contributed by atoms with van der Waals surface area (Å²) in [6.07, 6.45) is 0. The lowest BCUT2D eigenvalue weighted by Gasteiger charge is -2.11. The maximum absolute atomic E-state index is 11.9. The minimum Gasteiger partial charge on any atom is -0.209 e. The fourth-order valence-electron chi connectivity index (χ4n) is 1.25. The highest BCUT2D eigenvalue weighted by atomic mass is 35.5. The highest BCUT2D eigenvalue weighted by Gasteiger charge is 2.18. The molecular weight excluding hydrogens is 234 g/mol. The predicted molar refractivity (Wildman–Crippen MR) is 61.5 cm³/mol. The monoisotopic (exact) mass is 247 g/mol. The number of hydrogen-bond donors (Lipinski definition) is 1. The molecule has 0 aromatic heterocycles. The summed E-state index contributed by atoms with van der Waals surface area (Å²) < 4.78 is 26.2. The van der Waals surface area contributed by atoms with Crippen molar-refractivity contribution in [3.05, 3.63) is 29.8 Å². The highest BCUT2D eigenvalue weighted by molar-refractivity contribution is 7.89. The van der Waals surface area contributed by atoms with Crippen molar-refractivity contribution >= 4 is 21.6 Å². The Hall–Kier alpha value is -0.580. The molecule has 0 fully saturated rings. The lowest BCUT2D eigenvalue weighted by molar-refractivity contribution is 0.569. The van der Waals surface area contributed by atoms with Crippen molar-refractivity contribution in [1.29, 1.82) is 0 Å². The molecule has 1 aromatic rings. The molecule has 15 heavy (non-hydrogen) atoms. The van der Waals surface area contributed by atoms with E-state index in [1.165, 1.54) is 0 Å². The first-order valence-electron chi connectivity index (χ1n) is 4.63. The van der Waals surface area contributed by atoms with Crippen molar-refractivity contribution in [1.82, 2.24) is 4.72 Å². The van der Waals surface area contributed by atoms with Gasteiger partial charge in [-0.05, 0) is 25.5 Å². The molecule has 0 bridgehead atoms. The molecule has 3 nitrogen and oxygen atoms in total. The van der Waals surface area contributed by atoms with Crippen molar-refractivity contribution in [3.8, 4) is 0 Å². The van der Waals surface area contributed by atoms with E-state index < -0.39 is 10.0 Å². The van der Waals surface area contributed by atoms with Crippen LogP contribution < -0.4 is 4.72 Å². The Morgan fingerprint density at radius 3 is 2.47 bits per heavy atom. The summed E-state index contributed by atoms with van der Waals surface area (Å²) in [6.45, 7) is 3.56. The van der Waals surface area contributed by atoms with Gasteiger partial charge in [-0.2, -0.15) is 0 Å². The Balaban J connectivity index is 3.15. The van der Waals surface area contributed by atoms with Gasteiger partial charge in [-0.25, -0.2) is 13.1 Å². The maximum atomic E-state index is 11.9. The minimum atomic E-state index is -3.44. The van der Waals surface area contributed by atoms with E-state index in [0.717, 1.165) is 0 Å². The number of benzene rings is 1. The van der Waals surface area contributed by atoms with Crippen LogP contribution in [0.1, 0.15) is 19.4 Å². The first-order chi connectivity index (χ1) is 6.97. The first kappa shape index (κ1) is 12.5. The van der Waals surface area contributed by atoms with Gasteiger partial charge in [-0.15, -0.1) is 11.6 Å². The van der Waals surface area contributed by atoms with Crippen LogP contribution in [0, 0.1) is 0 Å². The number of nitrogens with one attached hydrogen (secondary N) is 1. The van der Waals surface area contributed by atoms with Crippen molar-refractivity contribution in [2.24, 2.45) is 0 Å². The summed E-state index contributed by atoms with van der Waals surface area (Å²) >= 11 is 5.68. The van der Waals surface area contributed by atoms with Crippen molar-refractivity contribution in [3.63, 3.8) is 0 Å². The van der Waals surface area contributed by atoms with Gasteiger partial charge in [0.2, 0.25) is 10.0 Å². The molecule has 0 spiro atoms. The molecule has 0 heterocycles. The van der Waals surface area contributed by atoms with E-state index in [-0.39, 0.29) is 16.8 Å². The van der Waals surface area contributed by atoms with Crippen molar-refractivity contribution < 1.29 is 8.42 Å². The molecule has 5 heteroatoms. The van der Waals surface area contributed by atoms with E-state index >= 15 is 0 Å². The first-order valence-corrected chi connectivity index (χ1v) is 6.65. The lowest BCUT2D eigenvalue weighted by atomic mass is 10.2. The van der Waals surface area contributed by atoms with Crippen LogP contribution >= 0.6 is 11.6 Å². The van der Waals surface area contributed by atoms with Gasteiger partial charge in [0.1, 0.15) is 0 Å². The summed E-state index contributed by atoms with van der Waals surface area (Å²) in [6, 6.07) is 6.60. The number of halogens is 1. The quantitative estimate of drug-likeness (QED) is 0.829. The normalized spacial score (nSPS) is 12.0. The number of hydrogen-bond acceptors (Lipinski definition) is 2. The third kappa shape index (κ3) is 3.19. The van der Waals surface area contributed by atoms with Crippen LogP contribution in [-0.2, 0) is 15.9 Å². The number of sulfonamides is 1. The van der Waals surface area contributed by atoms with Crippen LogP contribution in [0.4, 0.5) is 0 Å². The molecule has 0 atom stereocenters. The molecule has 0 saturated heterocycles. The predicted octanol–water partition coefficient (Wildman–Crippen LogP) is 2.11. The smallest absolute Gasteiger partial charge is 0.209 e. The van der Waals surface area contributed by atoms with Crippen LogP contribution in [-0.4, -0.2) is 14.5 Å². The fraction of sp³-hybridized carbons (Fsp3) is 0.400. The van der Waals surface area contributed by atoms with Crippen LogP contribution in [0.25, 0.3) is 0 Å². The van der Waals surface area contributed by atoms with Gasteiger partial charge >= 0.3 is 0 Å². The molecule has 0 saturated carbocycles. The van der Waals surface area contributed by atoms with E-state index in [4.69, 9.17) is 11.6 Å². The van der Waals surface area contributed by atoms with Gasteiger partial charge in [0.25, 0.3) is 0 Å². The summed E-state index contributed by atoms with van der Waals surface area (Å²) in [5.74, 6) is 0.190. The van der Waals surface area contributed by atoms with Crippen molar-refractivity contribution in [2.45, 2.75) is 30.7 Å². The van der Waals surface area contributed by atoms with Gasteiger partial charge in [0, 0.05) is 11.9 Å². The van der Waals surface area contributed by atoms with Gasteiger partial charge in [-0.3, -0.25) is 0 Å². The van der Waals surface area contributed by atoms with Gasteiger partial charge in [-0.1, -0.05) is 18.2 Å². The second kappa shape index (κ2) is 4.96. The van der Waals surface area contributed by atoms with Gasteiger partial charge in [0.05, 0.1) is 4.90 Å². The summed E-state index contributed by atoms with van der Waals surface area (Å²) in [4.78, 5) is 0.258. The summed E-state index contributed by atoms with van der Waals surface area (Å²) in [7, 11) is -3.44. The van der Waals surface area contributed by atoms with E-state index in [9.17, 15) is 8.42 Å². The van der Waals surface area contributed by atoms with Crippen LogP contribution in [0.3, 0.4) is 0 Å². The van der Waals surface area contributed by atoms with Crippen LogP contribution in [0.5, 0.6) is 0 Å². The molecule has 0 aliphatic carbocycles. The van der Waals surface area contributed by atoms with Crippen molar-refractivity contribution in [2.75, 3.05) is 0 Å². The Bertz CT molecular complexity index is 429. The number of alkyl halides is 1. The second-order valence-corrected chi connectivity index (χ2v) is 5.47. The lowest BCUT2D eigenvalue weighted by Crippen LogP contribution is -2.30. The summed E-state index contributed by atoms with van der Waals surface area (Å²) in [5, 5.41) is 0. The van der Waals surface area contributed by atoms with Gasteiger partial charge in [0.15, 0.2) is 0 Å². The standard InChI is InChI=1S/C10H14ClNO2S/c1-8(2)12-15(13,14)10-6-4-3-5-9(10)7-11/h3-6,8,12H,7H2,1-2H3. The van der Waals surface area contributed by atoms with E-state index in [1.807, 2.05) is 0 Å². The van der Waals surface area contributed by atoms with Gasteiger partial charge < -0.3 is 0 Å². The fourth-order valence-corrected chi connectivity index (χ4v) is 3.05. The Morgan fingerprint density at radius 1 is 1.33 bits per heavy atom. The molecule has 0 aliphatic heterocycles. The Labute approximate surface area is 95.5 Å². The SMILES string of the molecule is CC(C)NS(=O)(=O)c1ccccc1CCl. The number of rotatable bonds is 4. The second-order valence-electron chi connectivity index (χ2n) is 3.52. The van der Waals surface area contributed by atoms with Crippen LogP contribution in [0.2, 0.25) is 0 Å². The maximum Gasteiger partial charge on any atom is 0.241 e. The topological polar surface area (TPSA) is 46.2 Å². The summed E-state index contributed by atoms with van der Waals surface area (Å²) in [5.41, 5.74) is 0.618. The highest BCUT2D eigenvalue weighted by Crippen LogP contribution is 2.17. The average Bonchev–Trinajstić information content (AvgIpc) is 2.16. The van der Waals surface area contributed by atoms with E-state index in [0.29, 0.717) is 5.56 Å². The third-order valence-corrected chi connectivity index (χ3v) is 3.84. The van der Waals surface area contributed by atoms with E-state index in [1.54, 1.807) is 38.1 Å². The molecular formula is C10H14ClNO2S. The Kier molecular flexibility index (Phi) is 4.13. The molecule has 1 aromatic carbocycles. The minimum absolute atomic E-state index is 0.126. The molecule has 0 radical (unpaired) electrons. The molecule has 1 N–H and O–H groups in total. The largest absolute Gasteiger partial charge is 0.241 e. The van der Waals surface area contributed by atoms with Crippen LogP contribution in [0.15, 0.2) is 29.2 Å². The third-order valence-electron chi connectivity index (χ3n) is 1.80. The zero-order valence-electron chi connectivity index (χ0n) is 8.70. The molecule has 0 unspecified atom stereocenters. The Morgan fingerprint density at radius 2 is 1.93 bits per heavy atom. The zero-order valence-corrected chi connectivity index (χ0v) is 10.3. The zero-order chi connectivity index (χ0) is 11.5.